The molecule has 1 atom stereocenters. The number of carbonyl (C=O) groups is 3. The van der Waals surface area contributed by atoms with Crippen molar-refractivity contribution in [1.29, 1.82) is 0 Å². The molecule has 6 nitrogen and oxygen atoms in total. The van der Waals surface area contributed by atoms with E-state index in [4.69, 9.17) is 14.2 Å². The third-order valence-electron chi connectivity index (χ3n) is 10.1. The summed E-state index contributed by atoms with van der Waals surface area (Å²) >= 11 is 0. The third-order valence-corrected chi connectivity index (χ3v) is 10.1. The Labute approximate surface area is 375 Å². The van der Waals surface area contributed by atoms with Gasteiger partial charge in [0, 0.05) is 19.3 Å². The van der Waals surface area contributed by atoms with Crippen molar-refractivity contribution in [2.75, 3.05) is 13.2 Å². The maximum atomic E-state index is 12.8. The molecule has 0 fully saturated rings. The van der Waals surface area contributed by atoms with Gasteiger partial charge in [0.05, 0.1) is 0 Å². The van der Waals surface area contributed by atoms with Crippen molar-refractivity contribution in [2.45, 2.75) is 219 Å². The molecule has 1 unspecified atom stereocenters. The Bertz CT molecular complexity index is 1250. The summed E-state index contributed by atoms with van der Waals surface area (Å²) in [5.74, 6) is -1.01. The highest BCUT2D eigenvalue weighted by Gasteiger charge is 2.19. The van der Waals surface area contributed by atoms with Crippen LogP contribution >= 0.6 is 0 Å². The van der Waals surface area contributed by atoms with E-state index in [9.17, 15) is 14.4 Å². The normalized spacial score (nSPS) is 12.9. The van der Waals surface area contributed by atoms with E-state index < -0.39 is 6.10 Å². The molecule has 0 spiro atoms. The van der Waals surface area contributed by atoms with Gasteiger partial charge < -0.3 is 14.2 Å². The smallest absolute Gasteiger partial charge is 0.306 e. The molecule has 0 amide bonds. The number of hydrogen-bond donors (Lipinski definition) is 0. The van der Waals surface area contributed by atoms with Crippen molar-refractivity contribution < 1.29 is 28.6 Å². The van der Waals surface area contributed by atoms with Crippen molar-refractivity contribution in [2.24, 2.45) is 0 Å². The quantitative estimate of drug-likeness (QED) is 0.0200. The van der Waals surface area contributed by atoms with E-state index in [1.807, 2.05) is 6.08 Å². The fourth-order valence-electron chi connectivity index (χ4n) is 6.37. The van der Waals surface area contributed by atoms with Crippen LogP contribution in [0.15, 0.2) is 97.2 Å². The minimum Gasteiger partial charge on any atom is -0.462 e. The van der Waals surface area contributed by atoms with Gasteiger partial charge in [-0.2, -0.15) is 0 Å². The lowest BCUT2D eigenvalue weighted by atomic mass is 10.1. The third kappa shape index (κ3) is 47.2. The molecular weight excluding hydrogens is 757 g/mol. The van der Waals surface area contributed by atoms with Crippen molar-refractivity contribution in [3.05, 3.63) is 97.2 Å². The molecule has 0 radical (unpaired) electrons. The topological polar surface area (TPSA) is 78.9 Å². The molecule has 0 saturated heterocycles. The predicted octanol–water partition coefficient (Wildman–Crippen LogP) is 16.2. The van der Waals surface area contributed by atoms with Gasteiger partial charge in [0.1, 0.15) is 13.2 Å². The summed E-state index contributed by atoms with van der Waals surface area (Å²) in [5, 5.41) is 0. The zero-order valence-corrected chi connectivity index (χ0v) is 39.4. The maximum Gasteiger partial charge on any atom is 0.306 e. The number of ether oxygens (including phenoxy) is 3. The van der Waals surface area contributed by atoms with Gasteiger partial charge in [-0.1, -0.05) is 189 Å². The molecule has 61 heavy (non-hydrogen) atoms. The molecule has 0 heterocycles. The van der Waals surface area contributed by atoms with Gasteiger partial charge in [-0.25, -0.2) is 0 Å². The summed E-state index contributed by atoms with van der Waals surface area (Å²) < 4.78 is 16.7. The molecule has 6 heteroatoms. The summed E-state index contributed by atoms with van der Waals surface area (Å²) in [6.45, 7) is 6.37. The van der Waals surface area contributed by atoms with Crippen LogP contribution in [-0.4, -0.2) is 37.2 Å². The number of carbonyl (C=O) groups excluding carboxylic acids is 3. The Balaban J connectivity index is 4.53. The summed E-state index contributed by atoms with van der Waals surface area (Å²) in [6, 6.07) is 0. The lowest BCUT2D eigenvalue weighted by molar-refractivity contribution is -0.167. The van der Waals surface area contributed by atoms with Gasteiger partial charge in [-0.05, 0) is 103 Å². The van der Waals surface area contributed by atoms with E-state index in [1.165, 1.54) is 64.2 Å². The highest BCUT2D eigenvalue weighted by molar-refractivity contribution is 5.71. The molecule has 0 aliphatic carbocycles. The average molecular weight is 847 g/mol. The lowest BCUT2D eigenvalue weighted by Crippen LogP contribution is -2.30. The first-order valence-electron chi connectivity index (χ1n) is 24.8. The van der Waals surface area contributed by atoms with E-state index in [2.05, 4.69) is 112 Å². The van der Waals surface area contributed by atoms with Crippen molar-refractivity contribution in [3.8, 4) is 0 Å². The first kappa shape index (κ1) is 57.3. The van der Waals surface area contributed by atoms with Crippen LogP contribution in [0.5, 0.6) is 0 Å². The fraction of sp³-hybridized carbons (Fsp3) is 0.655. The van der Waals surface area contributed by atoms with E-state index >= 15 is 0 Å². The molecule has 0 N–H and O–H groups in total. The van der Waals surface area contributed by atoms with Crippen molar-refractivity contribution in [3.63, 3.8) is 0 Å². The molecule has 0 aliphatic rings. The minimum absolute atomic E-state index is 0.112. The van der Waals surface area contributed by atoms with Crippen LogP contribution in [0.2, 0.25) is 0 Å². The molecule has 346 valence electrons. The standard InChI is InChI=1S/C55H90O6/c1-4-7-10-13-16-19-22-25-26-27-28-31-33-36-39-42-45-48-54(57)60-51-52(61-55(58)49-46-43-40-37-34-30-24-21-18-15-12-9-6-3)50-59-53(56)47-44-41-38-35-32-29-23-20-17-14-11-8-5-2/h9,12,15-16,18-19,21,24-26,28-29,31-32,36,39,52H,4-8,10-11,13-14,17,20,22-23,27,30,33-35,37-38,40-51H2,1-3H3/b12-9-,18-15-,19-16-,24-21-,26-25-,31-28-,32-29-,39-36-. The predicted molar refractivity (Wildman–Crippen MR) is 260 cm³/mol. The Hall–Kier alpha value is -3.67. The van der Waals surface area contributed by atoms with Gasteiger partial charge in [0.25, 0.3) is 0 Å². The number of allylic oxidation sites excluding steroid dienone is 16. The Morgan fingerprint density at radius 2 is 0.721 bits per heavy atom. The number of unbranched alkanes of at least 4 members (excludes halogenated alkanes) is 18. The molecule has 0 aromatic carbocycles. The molecular formula is C55H90O6. The largest absolute Gasteiger partial charge is 0.462 e. The van der Waals surface area contributed by atoms with E-state index in [0.29, 0.717) is 12.8 Å². The summed E-state index contributed by atoms with van der Waals surface area (Å²) in [6.07, 6.45) is 63.9. The van der Waals surface area contributed by atoms with Crippen LogP contribution in [0.4, 0.5) is 0 Å². The number of hydrogen-bond acceptors (Lipinski definition) is 6. The van der Waals surface area contributed by atoms with Crippen LogP contribution in [0.1, 0.15) is 213 Å². The Morgan fingerprint density at radius 1 is 0.361 bits per heavy atom. The summed E-state index contributed by atoms with van der Waals surface area (Å²) in [4.78, 5) is 37.9. The van der Waals surface area contributed by atoms with Crippen LogP contribution in [-0.2, 0) is 28.6 Å². The first-order valence-corrected chi connectivity index (χ1v) is 24.8. The van der Waals surface area contributed by atoms with Crippen LogP contribution in [0, 0.1) is 0 Å². The SMILES string of the molecule is CC\C=C/C=C\C=C/CCCCCCCC(=O)OC(COC(=O)CCC/C=C\C/C=C\C/C=C\C/C=C\CCCCC)COC(=O)CCCCC/C=C\CCCCCCCC. The molecule has 0 aromatic rings. The van der Waals surface area contributed by atoms with Crippen molar-refractivity contribution in [1.82, 2.24) is 0 Å². The molecule has 0 bridgehead atoms. The maximum absolute atomic E-state index is 12.8. The minimum atomic E-state index is -0.816. The van der Waals surface area contributed by atoms with Gasteiger partial charge in [-0.15, -0.1) is 0 Å². The van der Waals surface area contributed by atoms with Gasteiger partial charge in [-0.3, -0.25) is 14.4 Å². The van der Waals surface area contributed by atoms with Gasteiger partial charge in [0.2, 0.25) is 0 Å². The fourth-order valence-corrected chi connectivity index (χ4v) is 6.37. The summed E-state index contributed by atoms with van der Waals surface area (Å²) in [7, 11) is 0. The number of rotatable bonds is 43. The van der Waals surface area contributed by atoms with E-state index in [1.54, 1.807) is 0 Å². The average Bonchev–Trinajstić information content (AvgIpc) is 3.26. The Morgan fingerprint density at radius 3 is 1.26 bits per heavy atom. The van der Waals surface area contributed by atoms with Crippen LogP contribution in [0.3, 0.4) is 0 Å². The van der Waals surface area contributed by atoms with E-state index in [0.717, 1.165) is 103 Å². The van der Waals surface area contributed by atoms with Crippen LogP contribution < -0.4 is 0 Å². The molecule has 0 aliphatic heterocycles. The summed E-state index contributed by atoms with van der Waals surface area (Å²) in [5.41, 5.74) is 0. The highest BCUT2D eigenvalue weighted by atomic mass is 16.6. The van der Waals surface area contributed by atoms with Crippen LogP contribution in [0.25, 0.3) is 0 Å². The zero-order chi connectivity index (χ0) is 44.4. The second kappa shape index (κ2) is 49.0. The van der Waals surface area contributed by atoms with Gasteiger partial charge in [0.15, 0.2) is 6.10 Å². The lowest BCUT2D eigenvalue weighted by Gasteiger charge is -2.18. The molecule has 0 aromatic heterocycles. The second-order valence-corrected chi connectivity index (χ2v) is 16.0. The highest BCUT2D eigenvalue weighted by Crippen LogP contribution is 2.12. The Kier molecular flexibility index (Phi) is 46.0. The first-order chi connectivity index (χ1) is 30.0. The zero-order valence-electron chi connectivity index (χ0n) is 39.4. The van der Waals surface area contributed by atoms with Gasteiger partial charge >= 0.3 is 17.9 Å². The second-order valence-electron chi connectivity index (χ2n) is 16.0. The molecule has 0 rings (SSSR count). The monoisotopic (exact) mass is 847 g/mol. The van der Waals surface area contributed by atoms with Crippen molar-refractivity contribution >= 4 is 17.9 Å². The van der Waals surface area contributed by atoms with E-state index in [-0.39, 0.29) is 44.0 Å². The number of esters is 3. The molecule has 0 saturated carbocycles.